The van der Waals surface area contributed by atoms with Crippen molar-refractivity contribution in [1.29, 1.82) is 0 Å². The van der Waals surface area contributed by atoms with Crippen LogP contribution < -0.4 is 10.6 Å². The Kier molecular flexibility index (Phi) is 6.28. The van der Waals surface area contributed by atoms with Gasteiger partial charge in [0.25, 0.3) is 0 Å². The maximum atomic E-state index is 12.8. The summed E-state index contributed by atoms with van der Waals surface area (Å²) in [5.41, 5.74) is 5.63. The van der Waals surface area contributed by atoms with Crippen molar-refractivity contribution in [1.82, 2.24) is 10.6 Å². The summed E-state index contributed by atoms with van der Waals surface area (Å²) >= 11 is 0. The van der Waals surface area contributed by atoms with Gasteiger partial charge in [0.2, 0.25) is 0 Å². The average Bonchev–Trinajstić information content (AvgIpc) is 3.22. The SMILES string of the molecule is COC(=O)[C@@H]1Cc2ccc(O)c(O)c2[C@H]([C@H](C)NC(=O)OCC2c3ccccc3-c3ccccc32)N1. The summed E-state index contributed by atoms with van der Waals surface area (Å²) < 4.78 is 10.6. The van der Waals surface area contributed by atoms with E-state index in [1.807, 2.05) is 24.3 Å². The molecule has 1 amide bonds. The number of phenolic OH excluding ortho intramolecular Hbond substituents is 2. The number of rotatable bonds is 5. The van der Waals surface area contributed by atoms with Crippen LogP contribution in [0.25, 0.3) is 11.1 Å². The molecule has 0 unspecified atom stereocenters. The lowest BCUT2D eigenvalue weighted by atomic mass is 9.86. The Balaban J connectivity index is 1.32. The highest BCUT2D eigenvalue weighted by Gasteiger charge is 2.37. The van der Waals surface area contributed by atoms with Gasteiger partial charge in [0.05, 0.1) is 13.2 Å². The van der Waals surface area contributed by atoms with Gasteiger partial charge in [-0.3, -0.25) is 10.1 Å². The van der Waals surface area contributed by atoms with Crippen LogP contribution in [0.5, 0.6) is 11.5 Å². The lowest BCUT2D eigenvalue weighted by molar-refractivity contribution is -0.143. The van der Waals surface area contributed by atoms with Crippen molar-refractivity contribution >= 4 is 12.1 Å². The number of nitrogens with one attached hydrogen (secondary N) is 2. The maximum Gasteiger partial charge on any atom is 0.407 e. The third-order valence-electron chi connectivity index (χ3n) is 7.08. The number of aromatic hydroxyl groups is 2. The number of hydrogen-bond acceptors (Lipinski definition) is 7. The van der Waals surface area contributed by atoms with Crippen molar-refractivity contribution in [2.75, 3.05) is 13.7 Å². The normalized spacial score (nSPS) is 18.9. The number of carbonyl (C=O) groups is 2. The Morgan fingerprint density at radius 2 is 1.67 bits per heavy atom. The first-order valence-electron chi connectivity index (χ1n) is 11.9. The Morgan fingerprint density at radius 1 is 1.03 bits per heavy atom. The minimum atomic E-state index is -0.664. The van der Waals surface area contributed by atoms with Crippen LogP contribution in [0.3, 0.4) is 0 Å². The van der Waals surface area contributed by atoms with E-state index in [-0.39, 0.29) is 30.4 Å². The molecule has 0 fully saturated rings. The summed E-state index contributed by atoms with van der Waals surface area (Å²) in [4.78, 5) is 25.1. The molecule has 0 spiro atoms. The van der Waals surface area contributed by atoms with Gasteiger partial charge in [0, 0.05) is 17.5 Å². The first-order valence-corrected chi connectivity index (χ1v) is 11.9. The number of carbonyl (C=O) groups excluding carboxylic acids is 2. The van der Waals surface area contributed by atoms with Gasteiger partial charge in [-0.1, -0.05) is 54.6 Å². The van der Waals surface area contributed by atoms with Crippen LogP contribution in [0, 0.1) is 0 Å². The molecule has 0 saturated heterocycles. The minimum Gasteiger partial charge on any atom is -0.504 e. The molecule has 8 heteroatoms. The third kappa shape index (κ3) is 4.13. The van der Waals surface area contributed by atoms with Gasteiger partial charge < -0.3 is 25.0 Å². The van der Waals surface area contributed by atoms with Crippen molar-refractivity contribution in [2.24, 2.45) is 0 Å². The van der Waals surface area contributed by atoms with Crippen molar-refractivity contribution in [2.45, 2.75) is 37.4 Å². The third-order valence-corrected chi connectivity index (χ3v) is 7.08. The number of benzene rings is 3. The Hall–Kier alpha value is -4.04. The molecule has 1 aliphatic carbocycles. The second-order valence-electron chi connectivity index (χ2n) is 9.19. The molecule has 0 aromatic heterocycles. The highest BCUT2D eigenvalue weighted by Crippen LogP contribution is 2.44. The van der Waals surface area contributed by atoms with Crippen LogP contribution in [-0.4, -0.2) is 48.1 Å². The van der Waals surface area contributed by atoms with E-state index >= 15 is 0 Å². The van der Waals surface area contributed by atoms with E-state index in [0.717, 1.165) is 22.3 Å². The standard InChI is InChI=1S/C28H28N2O6/c1-15(25-24-16(11-12-23(31)26(24)32)13-22(30-25)27(33)35-2)29-28(34)36-14-21-19-9-5-3-7-17(19)18-8-4-6-10-20(18)21/h3-12,15,21-22,25,30-32H,13-14H2,1-2H3,(H,29,34)/t15-,22-,25-/m0/s1. The second kappa shape index (κ2) is 9.54. The number of ether oxygens (including phenoxy) is 2. The predicted octanol–water partition coefficient (Wildman–Crippen LogP) is 3.75. The van der Waals surface area contributed by atoms with Crippen molar-refractivity contribution in [3.63, 3.8) is 0 Å². The summed E-state index contributed by atoms with van der Waals surface area (Å²) in [6.45, 7) is 1.91. The van der Waals surface area contributed by atoms with Gasteiger partial charge >= 0.3 is 12.1 Å². The molecule has 1 aliphatic heterocycles. The second-order valence-corrected chi connectivity index (χ2v) is 9.19. The molecule has 3 atom stereocenters. The van der Waals surface area contributed by atoms with Crippen molar-refractivity contribution < 1.29 is 29.3 Å². The first-order chi connectivity index (χ1) is 17.4. The summed E-state index contributed by atoms with van der Waals surface area (Å²) in [5.74, 6) is -1.08. The molecule has 0 radical (unpaired) electrons. The molecular weight excluding hydrogens is 460 g/mol. The molecule has 3 aromatic carbocycles. The Bertz CT molecular complexity index is 1280. The van der Waals surface area contributed by atoms with Crippen LogP contribution in [0.2, 0.25) is 0 Å². The maximum absolute atomic E-state index is 12.8. The molecular formula is C28H28N2O6. The van der Waals surface area contributed by atoms with E-state index < -0.39 is 30.2 Å². The Morgan fingerprint density at radius 3 is 2.31 bits per heavy atom. The van der Waals surface area contributed by atoms with Crippen LogP contribution in [0.15, 0.2) is 60.7 Å². The molecule has 1 heterocycles. The summed E-state index contributed by atoms with van der Waals surface area (Å²) in [7, 11) is 1.31. The summed E-state index contributed by atoms with van der Waals surface area (Å²) in [6.07, 6.45) is -0.336. The fourth-order valence-corrected chi connectivity index (χ4v) is 5.34. The molecule has 36 heavy (non-hydrogen) atoms. The molecule has 3 aromatic rings. The quantitative estimate of drug-likeness (QED) is 0.319. The number of esters is 1. The highest BCUT2D eigenvalue weighted by atomic mass is 16.5. The van der Waals surface area contributed by atoms with Gasteiger partial charge in [0.15, 0.2) is 11.5 Å². The van der Waals surface area contributed by atoms with Crippen molar-refractivity contribution in [3.05, 3.63) is 82.9 Å². The monoisotopic (exact) mass is 488 g/mol. The topological polar surface area (TPSA) is 117 Å². The number of methoxy groups -OCH3 is 1. The molecule has 5 rings (SSSR count). The lowest BCUT2D eigenvalue weighted by Crippen LogP contribution is -2.52. The van der Waals surface area contributed by atoms with Gasteiger partial charge in [-0.05, 0) is 47.2 Å². The molecule has 4 N–H and O–H groups in total. The van der Waals surface area contributed by atoms with Crippen molar-refractivity contribution in [3.8, 4) is 22.6 Å². The predicted molar refractivity (Wildman–Crippen MR) is 133 cm³/mol. The fraction of sp³-hybridized carbons (Fsp3) is 0.286. The largest absolute Gasteiger partial charge is 0.504 e. The number of phenols is 2. The summed E-state index contributed by atoms with van der Waals surface area (Å²) in [6, 6.07) is 17.3. The van der Waals surface area contributed by atoms with Gasteiger partial charge in [-0.25, -0.2) is 4.79 Å². The van der Waals surface area contributed by atoms with E-state index in [0.29, 0.717) is 11.1 Å². The minimum absolute atomic E-state index is 0.0725. The zero-order valence-electron chi connectivity index (χ0n) is 20.0. The van der Waals surface area contributed by atoms with E-state index in [2.05, 4.69) is 34.9 Å². The highest BCUT2D eigenvalue weighted by molar-refractivity contribution is 5.79. The summed E-state index contributed by atoms with van der Waals surface area (Å²) in [5, 5.41) is 26.6. The molecule has 2 aliphatic rings. The van der Waals surface area contributed by atoms with E-state index in [1.165, 1.54) is 13.2 Å². The molecule has 0 bridgehead atoms. The number of hydrogen-bond donors (Lipinski definition) is 4. The van der Waals surface area contributed by atoms with E-state index in [4.69, 9.17) is 9.47 Å². The lowest BCUT2D eigenvalue weighted by Gasteiger charge is -2.36. The van der Waals surface area contributed by atoms with Gasteiger partial charge in [-0.15, -0.1) is 0 Å². The van der Waals surface area contributed by atoms with Gasteiger partial charge in [-0.2, -0.15) is 0 Å². The number of fused-ring (bicyclic) bond motifs is 4. The van der Waals surface area contributed by atoms with Gasteiger partial charge in [0.1, 0.15) is 12.6 Å². The first kappa shape index (κ1) is 23.7. The number of alkyl carbamates (subject to hydrolysis) is 1. The van der Waals surface area contributed by atoms with Crippen LogP contribution in [0.4, 0.5) is 4.79 Å². The Labute approximate surface area is 208 Å². The molecule has 8 nitrogen and oxygen atoms in total. The smallest absolute Gasteiger partial charge is 0.407 e. The van der Waals surface area contributed by atoms with E-state index in [9.17, 15) is 19.8 Å². The molecule has 186 valence electrons. The average molecular weight is 489 g/mol. The van der Waals surface area contributed by atoms with E-state index in [1.54, 1.807) is 13.0 Å². The zero-order valence-corrected chi connectivity index (χ0v) is 20.0. The molecule has 0 saturated carbocycles. The zero-order chi connectivity index (χ0) is 25.4. The fourth-order valence-electron chi connectivity index (χ4n) is 5.34. The van der Waals surface area contributed by atoms with Crippen LogP contribution in [-0.2, 0) is 20.7 Å². The van der Waals surface area contributed by atoms with Crippen LogP contribution in [0.1, 0.15) is 41.1 Å². The number of amides is 1. The van der Waals surface area contributed by atoms with Crippen LogP contribution >= 0.6 is 0 Å².